The van der Waals surface area contributed by atoms with Gasteiger partial charge in [-0.05, 0) is 25.5 Å². The lowest BCUT2D eigenvalue weighted by molar-refractivity contribution is 0.0841. The van der Waals surface area contributed by atoms with E-state index in [9.17, 15) is 4.79 Å². The number of amidine groups is 1. The van der Waals surface area contributed by atoms with Gasteiger partial charge in [0.25, 0.3) is 5.91 Å². The van der Waals surface area contributed by atoms with Crippen LogP contribution in [-0.4, -0.2) is 29.7 Å². The van der Waals surface area contributed by atoms with Crippen molar-refractivity contribution < 1.29 is 4.79 Å². The molecule has 15 heavy (non-hydrogen) atoms. The zero-order valence-corrected chi connectivity index (χ0v) is 8.81. The van der Waals surface area contributed by atoms with Gasteiger partial charge in [-0.3, -0.25) is 14.7 Å². The highest BCUT2D eigenvalue weighted by atomic mass is 16.2. The fraction of sp³-hybridized carbons (Fsp3) is 0.333. The van der Waals surface area contributed by atoms with Crippen LogP contribution in [-0.2, 0) is 0 Å². The van der Waals surface area contributed by atoms with E-state index in [-0.39, 0.29) is 5.91 Å². The average molecular weight is 202 g/mol. The van der Waals surface area contributed by atoms with E-state index in [2.05, 4.69) is 4.99 Å². The maximum absolute atomic E-state index is 12.1. The quantitative estimate of drug-likeness (QED) is 0.685. The lowest BCUT2D eigenvalue weighted by Gasteiger charge is -2.25. The van der Waals surface area contributed by atoms with Crippen LogP contribution in [0.5, 0.6) is 0 Å². The number of carbonyl (C=O) groups is 1. The number of hydrogen-bond donors (Lipinski definition) is 0. The topological polar surface area (TPSA) is 32.7 Å². The van der Waals surface area contributed by atoms with Gasteiger partial charge in [0.2, 0.25) is 0 Å². The summed E-state index contributed by atoms with van der Waals surface area (Å²) in [7, 11) is 0. The van der Waals surface area contributed by atoms with Gasteiger partial charge in [-0.15, -0.1) is 0 Å². The number of nitrogens with zero attached hydrogens (tertiary/aromatic N) is 2. The van der Waals surface area contributed by atoms with Crippen molar-refractivity contribution in [2.45, 2.75) is 13.3 Å². The summed E-state index contributed by atoms with van der Waals surface area (Å²) in [5.74, 6) is 0.881. The second-order valence-corrected chi connectivity index (χ2v) is 3.61. The molecule has 1 amide bonds. The first kappa shape index (κ1) is 9.90. The second-order valence-electron chi connectivity index (χ2n) is 3.61. The summed E-state index contributed by atoms with van der Waals surface area (Å²) in [6, 6.07) is 9.34. The summed E-state index contributed by atoms with van der Waals surface area (Å²) >= 11 is 0. The van der Waals surface area contributed by atoms with E-state index in [1.807, 2.05) is 37.3 Å². The first-order chi connectivity index (χ1) is 7.29. The molecule has 0 aromatic heterocycles. The average Bonchev–Trinajstić information content (AvgIpc) is 2.30. The van der Waals surface area contributed by atoms with Crippen molar-refractivity contribution in [2.24, 2.45) is 4.99 Å². The Morgan fingerprint density at radius 3 is 2.73 bits per heavy atom. The van der Waals surface area contributed by atoms with E-state index >= 15 is 0 Å². The molecule has 0 saturated carbocycles. The van der Waals surface area contributed by atoms with Crippen molar-refractivity contribution in [1.82, 2.24) is 4.90 Å². The molecule has 1 aromatic carbocycles. The molecule has 1 aliphatic rings. The van der Waals surface area contributed by atoms with Crippen LogP contribution < -0.4 is 0 Å². The molecule has 1 heterocycles. The SMILES string of the molecule is CC1=NCCCN1C(=O)c1ccccc1. The van der Waals surface area contributed by atoms with Crippen molar-refractivity contribution >= 4 is 11.7 Å². The summed E-state index contributed by atoms with van der Waals surface area (Å²) in [5.41, 5.74) is 0.731. The summed E-state index contributed by atoms with van der Waals surface area (Å²) in [6.07, 6.45) is 0.954. The molecule has 78 valence electrons. The highest BCUT2D eigenvalue weighted by Gasteiger charge is 2.19. The van der Waals surface area contributed by atoms with E-state index in [0.717, 1.165) is 30.9 Å². The Labute approximate surface area is 89.4 Å². The van der Waals surface area contributed by atoms with Gasteiger partial charge in [0.05, 0.1) is 0 Å². The number of rotatable bonds is 1. The zero-order valence-electron chi connectivity index (χ0n) is 8.81. The van der Waals surface area contributed by atoms with Crippen LogP contribution in [0.1, 0.15) is 23.7 Å². The summed E-state index contributed by atoms with van der Waals surface area (Å²) in [6.45, 7) is 3.51. The number of aliphatic imine (C=N–C) groups is 1. The summed E-state index contributed by atoms with van der Waals surface area (Å²) in [4.78, 5) is 18.1. The zero-order chi connectivity index (χ0) is 10.7. The van der Waals surface area contributed by atoms with Gasteiger partial charge in [-0.1, -0.05) is 18.2 Å². The summed E-state index contributed by atoms with van der Waals surface area (Å²) in [5, 5.41) is 0. The van der Waals surface area contributed by atoms with E-state index < -0.39 is 0 Å². The number of hydrogen-bond acceptors (Lipinski definition) is 2. The van der Waals surface area contributed by atoms with Gasteiger partial charge in [-0.2, -0.15) is 0 Å². The van der Waals surface area contributed by atoms with Crippen LogP contribution in [0.25, 0.3) is 0 Å². The third kappa shape index (κ3) is 2.06. The van der Waals surface area contributed by atoms with Crippen molar-refractivity contribution in [3.63, 3.8) is 0 Å². The van der Waals surface area contributed by atoms with E-state index in [0.29, 0.717) is 0 Å². The van der Waals surface area contributed by atoms with Crippen molar-refractivity contribution in [3.05, 3.63) is 35.9 Å². The minimum absolute atomic E-state index is 0.0524. The molecule has 3 heteroatoms. The molecular weight excluding hydrogens is 188 g/mol. The van der Waals surface area contributed by atoms with Gasteiger partial charge < -0.3 is 0 Å². The van der Waals surface area contributed by atoms with Gasteiger partial charge >= 0.3 is 0 Å². The largest absolute Gasteiger partial charge is 0.297 e. The molecule has 0 aliphatic carbocycles. The van der Waals surface area contributed by atoms with Crippen LogP contribution in [0.15, 0.2) is 35.3 Å². The minimum atomic E-state index is 0.0524. The van der Waals surface area contributed by atoms with Crippen molar-refractivity contribution in [2.75, 3.05) is 13.1 Å². The van der Waals surface area contributed by atoms with E-state index in [4.69, 9.17) is 0 Å². The molecule has 1 aromatic rings. The van der Waals surface area contributed by atoms with Crippen LogP contribution >= 0.6 is 0 Å². The molecule has 0 unspecified atom stereocenters. The molecule has 0 bridgehead atoms. The first-order valence-corrected chi connectivity index (χ1v) is 5.17. The predicted octanol–water partition coefficient (Wildman–Crippen LogP) is 1.95. The third-order valence-corrected chi connectivity index (χ3v) is 2.54. The molecule has 2 rings (SSSR count). The predicted molar refractivity (Wildman–Crippen MR) is 60.1 cm³/mol. The Kier molecular flexibility index (Phi) is 2.81. The molecule has 0 radical (unpaired) electrons. The number of amides is 1. The van der Waals surface area contributed by atoms with Crippen LogP contribution in [0, 0.1) is 0 Å². The fourth-order valence-corrected chi connectivity index (χ4v) is 1.70. The van der Waals surface area contributed by atoms with E-state index in [1.165, 1.54) is 0 Å². The van der Waals surface area contributed by atoms with Crippen molar-refractivity contribution in [1.29, 1.82) is 0 Å². The Balaban J connectivity index is 2.21. The number of carbonyl (C=O) groups excluding carboxylic acids is 1. The maximum atomic E-state index is 12.1. The first-order valence-electron chi connectivity index (χ1n) is 5.17. The van der Waals surface area contributed by atoms with Gasteiger partial charge in [0, 0.05) is 18.7 Å². The van der Waals surface area contributed by atoms with Gasteiger partial charge in [-0.25, -0.2) is 0 Å². The minimum Gasteiger partial charge on any atom is -0.297 e. The monoisotopic (exact) mass is 202 g/mol. The summed E-state index contributed by atoms with van der Waals surface area (Å²) < 4.78 is 0. The normalized spacial score (nSPS) is 16.1. The fourth-order valence-electron chi connectivity index (χ4n) is 1.70. The highest BCUT2D eigenvalue weighted by molar-refractivity contribution is 6.05. The Morgan fingerprint density at radius 1 is 1.33 bits per heavy atom. The third-order valence-electron chi connectivity index (χ3n) is 2.54. The Morgan fingerprint density at radius 2 is 2.07 bits per heavy atom. The van der Waals surface area contributed by atoms with Gasteiger partial charge in [0.15, 0.2) is 0 Å². The molecule has 0 atom stereocenters. The molecule has 0 spiro atoms. The molecule has 3 nitrogen and oxygen atoms in total. The lowest BCUT2D eigenvalue weighted by Crippen LogP contribution is -2.38. The highest BCUT2D eigenvalue weighted by Crippen LogP contribution is 2.09. The molecular formula is C12H14N2O. The number of benzene rings is 1. The lowest BCUT2D eigenvalue weighted by atomic mass is 10.2. The molecule has 0 fully saturated rings. The molecule has 1 aliphatic heterocycles. The molecule has 0 saturated heterocycles. The standard InChI is InChI=1S/C12H14N2O/c1-10-13-8-5-9-14(10)12(15)11-6-3-2-4-7-11/h2-4,6-7H,5,8-9H2,1H3. The smallest absolute Gasteiger partial charge is 0.259 e. The molecule has 0 N–H and O–H groups in total. The van der Waals surface area contributed by atoms with Crippen molar-refractivity contribution in [3.8, 4) is 0 Å². The van der Waals surface area contributed by atoms with E-state index in [1.54, 1.807) is 4.90 Å². The second kappa shape index (κ2) is 4.26. The van der Waals surface area contributed by atoms with Crippen LogP contribution in [0.4, 0.5) is 0 Å². The van der Waals surface area contributed by atoms with Crippen LogP contribution in [0.3, 0.4) is 0 Å². The Bertz CT molecular complexity index is 384. The van der Waals surface area contributed by atoms with Crippen LogP contribution in [0.2, 0.25) is 0 Å². The van der Waals surface area contributed by atoms with Gasteiger partial charge in [0.1, 0.15) is 5.84 Å². The Hall–Kier alpha value is -1.64. The maximum Gasteiger partial charge on any atom is 0.259 e.